The normalized spacial score (nSPS) is 10.8. The van der Waals surface area contributed by atoms with Gasteiger partial charge in [-0.05, 0) is 42.4 Å². The van der Waals surface area contributed by atoms with Crippen LogP contribution in [0.4, 0.5) is 4.39 Å². The van der Waals surface area contributed by atoms with Gasteiger partial charge >= 0.3 is 5.97 Å². The van der Waals surface area contributed by atoms with Crippen molar-refractivity contribution in [2.24, 2.45) is 0 Å². The summed E-state index contributed by atoms with van der Waals surface area (Å²) in [4.78, 5) is 16.9. The van der Waals surface area contributed by atoms with Gasteiger partial charge in [0.2, 0.25) is 0 Å². The molecule has 0 aliphatic rings. The van der Waals surface area contributed by atoms with Gasteiger partial charge in [0.1, 0.15) is 5.82 Å². The lowest BCUT2D eigenvalue weighted by Gasteiger charge is -2.17. The Morgan fingerprint density at radius 1 is 1.20 bits per heavy atom. The van der Waals surface area contributed by atoms with Crippen LogP contribution < -0.4 is 0 Å². The molecule has 2 rings (SSSR count). The predicted molar refractivity (Wildman–Crippen MR) is 72.8 cm³/mol. The first-order chi connectivity index (χ1) is 9.56. The number of halogens is 1. The summed E-state index contributed by atoms with van der Waals surface area (Å²) in [6.45, 7) is 1.26. The number of carboxylic acids is 1. The van der Waals surface area contributed by atoms with E-state index in [0.717, 1.165) is 11.1 Å². The zero-order chi connectivity index (χ0) is 14.5. The molecular weight excluding hydrogens is 259 g/mol. The lowest BCUT2D eigenvalue weighted by atomic mass is 10.1. The average molecular weight is 274 g/mol. The molecule has 0 bridgehead atoms. The number of hydrogen-bond donors (Lipinski definition) is 1. The first kappa shape index (κ1) is 14.1. The minimum absolute atomic E-state index is 0.292. The van der Waals surface area contributed by atoms with E-state index in [1.807, 2.05) is 24.1 Å². The van der Waals surface area contributed by atoms with Crippen LogP contribution in [0.5, 0.6) is 0 Å². The SMILES string of the molecule is CN(Cc1ccncc1)Cc1ccc(F)c(C(=O)O)c1. The zero-order valence-electron chi connectivity index (χ0n) is 11.1. The van der Waals surface area contributed by atoms with Crippen LogP contribution >= 0.6 is 0 Å². The van der Waals surface area contributed by atoms with Crippen molar-refractivity contribution in [2.45, 2.75) is 13.1 Å². The third-order valence-corrected chi connectivity index (χ3v) is 2.92. The van der Waals surface area contributed by atoms with Crippen molar-refractivity contribution >= 4 is 5.97 Å². The van der Waals surface area contributed by atoms with E-state index in [4.69, 9.17) is 5.11 Å². The van der Waals surface area contributed by atoms with Gasteiger partial charge in [-0.25, -0.2) is 9.18 Å². The molecule has 104 valence electrons. The van der Waals surface area contributed by atoms with Gasteiger partial charge in [-0.15, -0.1) is 0 Å². The molecule has 20 heavy (non-hydrogen) atoms. The minimum Gasteiger partial charge on any atom is -0.478 e. The quantitative estimate of drug-likeness (QED) is 0.910. The van der Waals surface area contributed by atoms with Crippen LogP contribution in [0.2, 0.25) is 0 Å². The monoisotopic (exact) mass is 274 g/mol. The molecular formula is C15H15FN2O2. The highest BCUT2D eigenvalue weighted by molar-refractivity contribution is 5.88. The van der Waals surface area contributed by atoms with Crippen LogP contribution in [-0.4, -0.2) is 28.0 Å². The molecule has 1 aromatic heterocycles. The summed E-state index contributed by atoms with van der Waals surface area (Å²) in [6.07, 6.45) is 3.45. The van der Waals surface area contributed by atoms with E-state index in [1.165, 1.54) is 12.1 Å². The number of nitrogens with zero attached hydrogens (tertiary/aromatic N) is 2. The van der Waals surface area contributed by atoms with Crippen molar-refractivity contribution in [3.05, 3.63) is 65.2 Å². The van der Waals surface area contributed by atoms with Crippen molar-refractivity contribution in [2.75, 3.05) is 7.05 Å². The van der Waals surface area contributed by atoms with Gasteiger partial charge < -0.3 is 5.11 Å². The van der Waals surface area contributed by atoms with Gasteiger partial charge in [0.15, 0.2) is 0 Å². The summed E-state index contributed by atoms with van der Waals surface area (Å²) in [5.41, 5.74) is 1.59. The first-order valence-corrected chi connectivity index (χ1v) is 6.15. The topological polar surface area (TPSA) is 53.4 Å². The highest BCUT2D eigenvalue weighted by atomic mass is 19.1. The predicted octanol–water partition coefficient (Wildman–Crippen LogP) is 2.55. The fourth-order valence-electron chi connectivity index (χ4n) is 2.00. The number of aromatic carboxylic acids is 1. The van der Waals surface area contributed by atoms with E-state index in [1.54, 1.807) is 18.5 Å². The van der Waals surface area contributed by atoms with Gasteiger partial charge in [0.25, 0.3) is 0 Å². The summed E-state index contributed by atoms with van der Waals surface area (Å²) >= 11 is 0. The zero-order valence-corrected chi connectivity index (χ0v) is 11.1. The second kappa shape index (κ2) is 6.25. The number of hydrogen-bond acceptors (Lipinski definition) is 3. The molecule has 0 atom stereocenters. The van der Waals surface area contributed by atoms with Crippen molar-refractivity contribution in [1.29, 1.82) is 0 Å². The van der Waals surface area contributed by atoms with E-state index in [-0.39, 0.29) is 5.56 Å². The van der Waals surface area contributed by atoms with Gasteiger partial charge in [-0.3, -0.25) is 9.88 Å². The number of benzene rings is 1. The Bertz CT molecular complexity index is 602. The van der Waals surface area contributed by atoms with Gasteiger partial charge in [-0.2, -0.15) is 0 Å². The highest BCUT2D eigenvalue weighted by Crippen LogP contribution is 2.13. The van der Waals surface area contributed by atoms with Crippen molar-refractivity contribution < 1.29 is 14.3 Å². The number of carbonyl (C=O) groups is 1. The molecule has 2 aromatic rings. The lowest BCUT2D eigenvalue weighted by Crippen LogP contribution is -2.17. The molecule has 0 aliphatic heterocycles. The van der Waals surface area contributed by atoms with E-state index in [0.29, 0.717) is 13.1 Å². The number of rotatable bonds is 5. The van der Waals surface area contributed by atoms with Crippen molar-refractivity contribution in [1.82, 2.24) is 9.88 Å². The fraction of sp³-hybridized carbons (Fsp3) is 0.200. The van der Waals surface area contributed by atoms with E-state index in [2.05, 4.69) is 4.98 Å². The van der Waals surface area contributed by atoms with Gasteiger partial charge in [0.05, 0.1) is 5.56 Å². The summed E-state index contributed by atoms with van der Waals surface area (Å²) in [5.74, 6) is -1.96. The Morgan fingerprint density at radius 2 is 1.85 bits per heavy atom. The summed E-state index contributed by atoms with van der Waals surface area (Å²) in [5, 5.41) is 8.90. The first-order valence-electron chi connectivity index (χ1n) is 6.15. The Morgan fingerprint density at radius 3 is 2.50 bits per heavy atom. The van der Waals surface area contributed by atoms with Crippen molar-refractivity contribution in [3.8, 4) is 0 Å². The summed E-state index contributed by atoms with van der Waals surface area (Å²) in [7, 11) is 1.92. The maximum atomic E-state index is 13.3. The summed E-state index contributed by atoms with van der Waals surface area (Å²) in [6, 6.07) is 8.01. The Kier molecular flexibility index (Phi) is 4.42. The fourth-order valence-corrected chi connectivity index (χ4v) is 2.00. The molecule has 0 spiro atoms. The van der Waals surface area contributed by atoms with Crippen LogP contribution in [0, 0.1) is 5.82 Å². The van der Waals surface area contributed by atoms with Crippen LogP contribution in [0.25, 0.3) is 0 Å². The van der Waals surface area contributed by atoms with E-state index >= 15 is 0 Å². The molecule has 1 N–H and O–H groups in total. The van der Waals surface area contributed by atoms with Crippen LogP contribution in [0.15, 0.2) is 42.7 Å². The molecule has 0 fully saturated rings. The molecule has 1 aromatic carbocycles. The largest absolute Gasteiger partial charge is 0.478 e. The second-order valence-corrected chi connectivity index (χ2v) is 4.65. The third-order valence-electron chi connectivity index (χ3n) is 2.92. The van der Waals surface area contributed by atoms with Crippen LogP contribution in [0.1, 0.15) is 21.5 Å². The summed E-state index contributed by atoms with van der Waals surface area (Å²) < 4.78 is 13.3. The molecule has 0 radical (unpaired) electrons. The van der Waals surface area contributed by atoms with E-state index < -0.39 is 11.8 Å². The van der Waals surface area contributed by atoms with Crippen molar-refractivity contribution in [3.63, 3.8) is 0 Å². The molecule has 0 unspecified atom stereocenters. The van der Waals surface area contributed by atoms with Gasteiger partial charge in [-0.1, -0.05) is 6.07 Å². The minimum atomic E-state index is -1.25. The Labute approximate surface area is 116 Å². The smallest absolute Gasteiger partial charge is 0.338 e. The highest BCUT2D eigenvalue weighted by Gasteiger charge is 2.11. The van der Waals surface area contributed by atoms with Crippen LogP contribution in [0.3, 0.4) is 0 Å². The number of carboxylic acid groups (broad SMARTS) is 1. The molecule has 1 heterocycles. The number of aromatic nitrogens is 1. The molecule has 4 nitrogen and oxygen atoms in total. The van der Waals surface area contributed by atoms with E-state index in [9.17, 15) is 9.18 Å². The average Bonchev–Trinajstić information content (AvgIpc) is 2.41. The second-order valence-electron chi connectivity index (χ2n) is 4.65. The third kappa shape index (κ3) is 3.61. The molecule has 0 saturated heterocycles. The maximum Gasteiger partial charge on any atom is 0.338 e. The lowest BCUT2D eigenvalue weighted by molar-refractivity contribution is 0.0691. The van der Waals surface area contributed by atoms with Gasteiger partial charge in [0, 0.05) is 25.5 Å². The number of pyridine rings is 1. The molecule has 5 heteroatoms. The molecule has 0 amide bonds. The Hall–Kier alpha value is -2.27. The molecule has 0 aliphatic carbocycles. The maximum absolute atomic E-state index is 13.3. The van der Waals surface area contributed by atoms with Crippen LogP contribution in [-0.2, 0) is 13.1 Å². The molecule has 0 saturated carbocycles. The Balaban J connectivity index is 2.06. The standard InChI is InChI=1S/C15H15FN2O2/c1-18(9-11-4-6-17-7-5-11)10-12-2-3-14(16)13(8-12)15(19)20/h2-8H,9-10H2,1H3,(H,19,20).